The van der Waals surface area contributed by atoms with E-state index < -0.39 is 29.9 Å². The Morgan fingerprint density at radius 1 is 1.47 bits per heavy atom. The standard InChI is InChI=1S/C13H18O6/c1-7(2)5-17-12(15)10-9(6-18-13(10)16)19-11(14)8(3)4/h7,9-10H,3,5-6H2,1-2,4H3. The fourth-order valence-electron chi connectivity index (χ4n) is 1.43. The van der Waals surface area contributed by atoms with Crippen molar-refractivity contribution >= 4 is 17.9 Å². The Hall–Kier alpha value is -1.85. The average molecular weight is 270 g/mol. The number of carbonyl (C=O) groups excluding carboxylic acids is 3. The summed E-state index contributed by atoms with van der Waals surface area (Å²) in [6.45, 7) is 8.71. The topological polar surface area (TPSA) is 78.9 Å². The maximum Gasteiger partial charge on any atom is 0.333 e. The minimum absolute atomic E-state index is 0.140. The SMILES string of the molecule is C=C(C)C(=O)OC1COC(=O)C1C(=O)OCC(C)C. The predicted molar refractivity (Wildman–Crippen MR) is 64.9 cm³/mol. The number of hydrogen-bond acceptors (Lipinski definition) is 6. The van der Waals surface area contributed by atoms with Gasteiger partial charge in [-0.15, -0.1) is 0 Å². The van der Waals surface area contributed by atoms with Crippen LogP contribution in [0.15, 0.2) is 12.2 Å². The summed E-state index contributed by atoms with van der Waals surface area (Å²) in [7, 11) is 0. The molecule has 106 valence electrons. The zero-order valence-electron chi connectivity index (χ0n) is 11.3. The molecule has 2 unspecified atom stereocenters. The van der Waals surface area contributed by atoms with E-state index in [2.05, 4.69) is 6.58 Å². The molecule has 1 saturated heterocycles. The van der Waals surface area contributed by atoms with Crippen LogP contribution in [-0.4, -0.2) is 37.2 Å². The van der Waals surface area contributed by atoms with Gasteiger partial charge in [-0.3, -0.25) is 9.59 Å². The summed E-state index contributed by atoms with van der Waals surface area (Å²) in [5.74, 6) is -3.17. The highest BCUT2D eigenvalue weighted by molar-refractivity contribution is 5.97. The second-order valence-electron chi connectivity index (χ2n) is 4.86. The lowest BCUT2D eigenvalue weighted by Gasteiger charge is -2.16. The molecule has 2 atom stereocenters. The Bertz CT molecular complexity index is 398. The molecular weight excluding hydrogens is 252 g/mol. The molecular formula is C13H18O6. The molecule has 1 aliphatic heterocycles. The summed E-state index contributed by atoms with van der Waals surface area (Å²) >= 11 is 0. The molecule has 0 aromatic carbocycles. The Balaban J connectivity index is 2.66. The van der Waals surface area contributed by atoms with E-state index in [1.807, 2.05) is 13.8 Å². The van der Waals surface area contributed by atoms with E-state index in [1.165, 1.54) is 6.92 Å². The number of carbonyl (C=O) groups is 3. The van der Waals surface area contributed by atoms with Crippen molar-refractivity contribution in [2.75, 3.05) is 13.2 Å². The maximum atomic E-state index is 11.8. The van der Waals surface area contributed by atoms with E-state index >= 15 is 0 Å². The first-order chi connectivity index (χ1) is 8.82. The van der Waals surface area contributed by atoms with Crippen molar-refractivity contribution in [1.82, 2.24) is 0 Å². The lowest BCUT2D eigenvalue weighted by Crippen LogP contribution is -2.35. The van der Waals surface area contributed by atoms with Crippen LogP contribution in [0.4, 0.5) is 0 Å². The Morgan fingerprint density at radius 3 is 2.63 bits per heavy atom. The van der Waals surface area contributed by atoms with Gasteiger partial charge in [0.05, 0.1) is 6.61 Å². The van der Waals surface area contributed by atoms with Gasteiger partial charge in [-0.05, 0) is 12.8 Å². The molecule has 0 amide bonds. The molecule has 0 spiro atoms. The Morgan fingerprint density at radius 2 is 2.11 bits per heavy atom. The third kappa shape index (κ3) is 4.08. The van der Waals surface area contributed by atoms with Gasteiger partial charge in [0.2, 0.25) is 0 Å². The monoisotopic (exact) mass is 270 g/mol. The van der Waals surface area contributed by atoms with Gasteiger partial charge in [0, 0.05) is 5.57 Å². The maximum absolute atomic E-state index is 11.8. The number of cyclic esters (lactones) is 1. The Labute approximate surface area is 111 Å². The zero-order valence-corrected chi connectivity index (χ0v) is 11.3. The quantitative estimate of drug-likeness (QED) is 0.319. The van der Waals surface area contributed by atoms with Crippen molar-refractivity contribution in [3.63, 3.8) is 0 Å². The van der Waals surface area contributed by atoms with E-state index in [9.17, 15) is 14.4 Å². The molecule has 1 heterocycles. The van der Waals surface area contributed by atoms with Crippen molar-refractivity contribution in [2.24, 2.45) is 11.8 Å². The molecule has 19 heavy (non-hydrogen) atoms. The van der Waals surface area contributed by atoms with Gasteiger partial charge < -0.3 is 14.2 Å². The van der Waals surface area contributed by atoms with Crippen LogP contribution in [0.1, 0.15) is 20.8 Å². The van der Waals surface area contributed by atoms with Crippen molar-refractivity contribution in [2.45, 2.75) is 26.9 Å². The molecule has 0 aliphatic carbocycles. The van der Waals surface area contributed by atoms with Crippen LogP contribution in [0.25, 0.3) is 0 Å². The molecule has 0 N–H and O–H groups in total. The first kappa shape index (κ1) is 15.2. The fourth-order valence-corrected chi connectivity index (χ4v) is 1.43. The smallest absolute Gasteiger partial charge is 0.333 e. The number of rotatable bonds is 5. The van der Waals surface area contributed by atoms with E-state index in [0.29, 0.717) is 0 Å². The summed E-state index contributed by atoms with van der Waals surface area (Å²) in [6, 6.07) is 0. The van der Waals surface area contributed by atoms with Gasteiger partial charge in [-0.25, -0.2) is 4.79 Å². The summed E-state index contributed by atoms with van der Waals surface area (Å²) in [5.41, 5.74) is 0.189. The number of ether oxygens (including phenoxy) is 3. The van der Waals surface area contributed by atoms with Gasteiger partial charge in [0.15, 0.2) is 12.0 Å². The van der Waals surface area contributed by atoms with Gasteiger partial charge in [0.25, 0.3) is 0 Å². The highest BCUT2D eigenvalue weighted by Gasteiger charge is 2.46. The van der Waals surface area contributed by atoms with E-state index in [1.54, 1.807) is 0 Å². The summed E-state index contributed by atoms with van der Waals surface area (Å²) in [6.07, 6.45) is -0.948. The minimum atomic E-state index is -1.21. The summed E-state index contributed by atoms with van der Waals surface area (Å²) < 4.78 is 14.7. The van der Waals surface area contributed by atoms with Crippen LogP contribution in [0.5, 0.6) is 0 Å². The van der Waals surface area contributed by atoms with Gasteiger partial charge >= 0.3 is 17.9 Å². The van der Waals surface area contributed by atoms with Crippen LogP contribution in [0.3, 0.4) is 0 Å². The minimum Gasteiger partial charge on any atom is -0.465 e. The molecule has 1 rings (SSSR count). The van der Waals surface area contributed by atoms with Crippen molar-refractivity contribution in [3.05, 3.63) is 12.2 Å². The average Bonchev–Trinajstić information content (AvgIpc) is 2.67. The Kier molecular flexibility index (Phi) is 5.09. The lowest BCUT2D eigenvalue weighted by molar-refractivity contribution is -0.161. The van der Waals surface area contributed by atoms with Crippen LogP contribution in [0.2, 0.25) is 0 Å². The first-order valence-electron chi connectivity index (χ1n) is 6.02. The molecule has 6 nitrogen and oxygen atoms in total. The first-order valence-corrected chi connectivity index (χ1v) is 6.02. The van der Waals surface area contributed by atoms with Gasteiger partial charge in [0.1, 0.15) is 6.61 Å². The van der Waals surface area contributed by atoms with Crippen LogP contribution in [0, 0.1) is 11.8 Å². The molecule has 6 heteroatoms. The van der Waals surface area contributed by atoms with Gasteiger partial charge in [-0.1, -0.05) is 20.4 Å². The predicted octanol–water partition coefficient (Wildman–Crippen LogP) is 0.846. The molecule has 0 radical (unpaired) electrons. The molecule has 0 bridgehead atoms. The second kappa shape index (κ2) is 6.36. The highest BCUT2D eigenvalue weighted by atomic mass is 16.6. The third-order valence-electron chi connectivity index (χ3n) is 2.44. The summed E-state index contributed by atoms with van der Waals surface area (Å²) in [5, 5.41) is 0. The van der Waals surface area contributed by atoms with Crippen molar-refractivity contribution in [3.8, 4) is 0 Å². The number of esters is 3. The molecule has 0 saturated carbocycles. The molecule has 1 fully saturated rings. The van der Waals surface area contributed by atoms with Crippen LogP contribution >= 0.6 is 0 Å². The van der Waals surface area contributed by atoms with E-state index in [-0.39, 0.29) is 24.7 Å². The third-order valence-corrected chi connectivity index (χ3v) is 2.44. The van der Waals surface area contributed by atoms with Crippen molar-refractivity contribution in [1.29, 1.82) is 0 Å². The largest absolute Gasteiger partial charge is 0.465 e. The van der Waals surface area contributed by atoms with E-state index in [4.69, 9.17) is 14.2 Å². The second-order valence-corrected chi connectivity index (χ2v) is 4.86. The number of hydrogen-bond donors (Lipinski definition) is 0. The highest BCUT2D eigenvalue weighted by Crippen LogP contribution is 2.21. The van der Waals surface area contributed by atoms with Crippen LogP contribution < -0.4 is 0 Å². The molecule has 0 aromatic heterocycles. The molecule has 0 aromatic rings. The normalized spacial score (nSPS) is 22.0. The van der Waals surface area contributed by atoms with Crippen LogP contribution in [-0.2, 0) is 28.6 Å². The van der Waals surface area contributed by atoms with Crippen molar-refractivity contribution < 1.29 is 28.6 Å². The van der Waals surface area contributed by atoms with E-state index in [0.717, 1.165) is 0 Å². The van der Waals surface area contributed by atoms with Gasteiger partial charge in [-0.2, -0.15) is 0 Å². The zero-order chi connectivity index (χ0) is 14.6. The molecule has 1 aliphatic rings. The summed E-state index contributed by atoms with van der Waals surface area (Å²) in [4.78, 5) is 34.7. The lowest BCUT2D eigenvalue weighted by atomic mass is 10.1. The fraction of sp³-hybridized carbons (Fsp3) is 0.615.